The summed E-state index contributed by atoms with van der Waals surface area (Å²) < 4.78 is 0. The number of phenols is 2. The van der Waals surface area contributed by atoms with Gasteiger partial charge in [-0.1, -0.05) is 69.9 Å². The molecule has 2 N–H and O–H groups in total. The van der Waals surface area contributed by atoms with Crippen LogP contribution in [0.4, 0.5) is 0 Å². The molecule has 0 aliphatic heterocycles. The summed E-state index contributed by atoms with van der Waals surface area (Å²) in [6.45, 7) is 4.49. The molecule has 0 heterocycles. The number of aromatic hydroxyl groups is 2. The first-order valence-electron chi connectivity index (χ1n) is 10.6. The number of hydrogen-bond acceptors (Lipinski definition) is 2. The van der Waals surface area contributed by atoms with Gasteiger partial charge < -0.3 is 10.2 Å². The molecule has 1 atom stereocenters. The largest absolute Gasteiger partial charge is 0.508 e. The van der Waals surface area contributed by atoms with Crippen LogP contribution in [0.1, 0.15) is 69.1 Å². The van der Waals surface area contributed by atoms with Crippen molar-refractivity contribution in [2.75, 3.05) is 0 Å². The number of phenolic OH excluding ortho intramolecular Hbond substituents is 2. The SMILES string of the molecule is CCCCC(CC)Cc1cc(C2=CC=C(c3ccc(O)cc3)CC2)ccc1O. The Morgan fingerprint density at radius 2 is 1.50 bits per heavy atom. The summed E-state index contributed by atoms with van der Waals surface area (Å²) in [5, 5.41) is 19.8. The van der Waals surface area contributed by atoms with Gasteiger partial charge >= 0.3 is 0 Å². The second kappa shape index (κ2) is 9.64. The van der Waals surface area contributed by atoms with E-state index in [1.807, 2.05) is 24.3 Å². The summed E-state index contributed by atoms with van der Waals surface area (Å²) in [5.74, 6) is 1.37. The van der Waals surface area contributed by atoms with E-state index < -0.39 is 0 Å². The van der Waals surface area contributed by atoms with Gasteiger partial charge in [0.2, 0.25) is 0 Å². The molecule has 1 aliphatic rings. The highest BCUT2D eigenvalue weighted by Crippen LogP contribution is 2.34. The molecule has 148 valence electrons. The molecular formula is C26H32O2. The van der Waals surface area contributed by atoms with Crippen molar-refractivity contribution in [1.29, 1.82) is 0 Å². The van der Waals surface area contributed by atoms with E-state index in [4.69, 9.17) is 0 Å². The Morgan fingerprint density at radius 3 is 2.11 bits per heavy atom. The maximum Gasteiger partial charge on any atom is 0.118 e. The summed E-state index contributed by atoms with van der Waals surface area (Å²) in [7, 11) is 0. The summed E-state index contributed by atoms with van der Waals surface area (Å²) in [4.78, 5) is 0. The van der Waals surface area contributed by atoms with Crippen molar-refractivity contribution < 1.29 is 10.2 Å². The van der Waals surface area contributed by atoms with Crippen molar-refractivity contribution in [2.45, 2.75) is 58.8 Å². The second-order valence-corrected chi connectivity index (χ2v) is 7.89. The quantitative estimate of drug-likeness (QED) is 0.515. The summed E-state index contributed by atoms with van der Waals surface area (Å²) >= 11 is 0. The first-order chi connectivity index (χ1) is 13.6. The van der Waals surface area contributed by atoms with Gasteiger partial charge in [-0.15, -0.1) is 0 Å². The molecular weight excluding hydrogens is 344 g/mol. The van der Waals surface area contributed by atoms with E-state index >= 15 is 0 Å². The van der Waals surface area contributed by atoms with E-state index in [0.717, 1.165) is 31.2 Å². The lowest BCUT2D eigenvalue weighted by molar-refractivity contribution is 0.426. The molecule has 1 aliphatic carbocycles. The van der Waals surface area contributed by atoms with Gasteiger partial charge in [-0.2, -0.15) is 0 Å². The summed E-state index contributed by atoms with van der Waals surface area (Å²) in [5.41, 5.74) is 6.09. The number of benzene rings is 2. The van der Waals surface area contributed by atoms with Crippen molar-refractivity contribution in [3.63, 3.8) is 0 Å². The van der Waals surface area contributed by atoms with Gasteiger partial charge in [0.15, 0.2) is 0 Å². The third kappa shape index (κ3) is 5.07. The molecule has 0 saturated carbocycles. The van der Waals surface area contributed by atoms with Crippen LogP contribution in [0.25, 0.3) is 11.1 Å². The zero-order chi connectivity index (χ0) is 19.9. The van der Waals surface area contributed by atoms with Crippen LogP contribution in [0, 0.1) is 5.92 Å². The van der Waals surface area contributed by atoms with Crippen molar-refractivity contribution in [3.8, 4) is 11.5 Å². The lowest BCUT2D eigenvalue weighted by atomic mass is 9.87. The molecule has 2 nitrogen and oxygen atoms in total. The van der Waals surface area contributed by atoms with Crippen molar-refractivity contribution in [1.82, 2.24) is 0 Å². The van der Waals surface area contributed by atoms with E-state index in [0.29, 0.717) is 17.4 Å². The van der Waals surface area contributed by atoms with Gasteiger partial charge in [0, 0.05) is 0 Å². The fourth-order valence-corrected chi connectivity index (χ4v) is 4.00. The van der Waals surface area contributed by atoms with Crippen LogP contribution in [0.2, 0.25) is 0 Å². The van der Waals surface area contributed by atoms with Crippen LogP contribution >= 0.6 is 0 Å². The first-order valence-corrected chi connectivity index (χ1v) is 10.6. The minimum atomic E-state index is 0.303. The average molecular weight is 377 g/mol. The van der Waals surface area contributed by atoms with Crippen LogP contribution < -0.4 is 0 Å². The molecule has 1 unspecified atom stereocenters. The van der Waals surface area contributed by atoms with E-state index in [1.54, 1.807) is 12.1 Å². The molecule has 2 aromatic carbocycles. The average Bonchev–Trinajstić information content (AvgIpc) is 2.73. The molecule has 28 heavy (non-hydrogen) atoms. The molecule has 0 spiro atoms. The Bertz CT molecular complexity index is 843. The molecule has 3 rings (SSSR count). The molecule has 0 aromatic heterocycles. The van der Waals surface area contributed by atoms with Gasteiger partial charge in [0.1, 0.15) is 11.5 Å². The lowest BCUT2D eigenvalue weighted by Crippen LogP contribution is -2.04. The maximum atomic E-state index is 10.4. The molecule has 0 fully saturated rings. The van der Waals surface area contributed by atoms with E-state index in [9.17, 15) is 10.2 Å². The Kier molecular flexibility index (Phi) is 6.97. The first kappa shape index (κ1) is 20.3. The summed E-state index contributed by atoms with van der Waals surface area (Å²) in [6, 6.07) is 13.5. The summed E-state index contributed by atoms with van der Waals surface area (Å²) in [6.07, 6.45) is 12.2. The fraction of sp³-hybridized carbons (Fsp3) is 0.385. The third-order valence-corrected chi connectivity index (χ3v) is 5.89. The van der Waals surface area contributed by atoms with E-state index in [-0.39, 0.29) is 0 Å². The predicted octanol–water partition coefficient (Wildman–Crippen LogP) is 7.12. The van der Waals surface area contributed by atoms with Gasteiger partial charge in [0.05, 0.1) is 0 Å². The molecule has 0 radical (unpaired) electrons. The van der Waals surface area contributed by atoms with Crippen LogP contribution in [0.15, 0.2) is 54.6 Å². The monoisotopic (exact) mass is 376 g/mol. The highest BCUT2D eigenvalue weighted by atomic mass is 16.3. The molecule has 2 heteroatoms. The standard InChI is InChI=1S/C26H32O2/c1-3-5-6-19(4-2)17-24-18-23(13-16-26(24)28)22-9-7-20(8-10-22)21-11-14-25(27)15-12-21/h7,9,11-16,18-19,27-28H,3-6,8,10,17H2,1-2H3. The topological polar surface area (TPSA) is 40.5 Å². The number of allylic oxidation sites excluding steroid dienone is 4. The minimum absolute atomic E-state index is 0.303. The van der Waals surface area contributed by atoms with Gasteiger partial charge in [-0.25, -0.2) is 0 Å². The highest BCUT2D eigenvalue weighted by molar-refractivity contribution is 5.78. The van der Waals surface area contributed by atoms with Crippen molar-refractivity contribution in [2.24, 2.45) is 5.92 Å². The highest BCUT2D eigenvalue weighted by Gasteiger charge is 2.14. The minimum Gasteiger partial charge on any atom is -0.508 e. The number of unbranched alkanes of at least 4 members (excludes halogenated alkanes) is 1. The Hall–Kier alpha value is -2.48. The molecule has 0 amide bonds. The normalized spacial score (nSPS) is 15.1. The zero-order valence-corrected chi connectivity index (χ0v) is 17.1. The van der Waals surface area contributed by atoms with Crippen LogP contribution in [-0.4, -0.2) is 10.2 Å². The smallest absolute Gasteiger partial charge is 0.118 e. The van der Waals surface area contributed by atoms with Crippen LogP contribution in [0.3, 0.4) is 0 Å². The third-order valence-electron chi connectivity index (χ3n) is 5.89. The predicted molar refractivity (Wildman–Crippen MR) is 118 cm³/mol. The molecule has 0 bridgehead atoms. The van der Waals surface area contributed by atoms with Crippen molar-refractivity contribution in [3.05, 3.63) is 71.3 Å². The Labute approximate surface area is 169 Å². The Morgan fingerprint density at radius 1 is 0.857 bits per heavy atom. The zero-order valence-electron chi connectivity index (χ0n) is 17.1. The number of rotatable bonds is 8. The van der Waals surface area contributed by atoms with Crippen LogP contribution in [0.5, 0.6) is 11.5 Å². The van der Waals surface area contributed by atoms with Crippen LogP contribution in [-0.2, 0) is 6.42 Å². The van der Waals surface area contributed by atoms with Gasteiger partial charge in [-0.05, 0) is 77.3 Å². The lowest BCUT2D eigenvalue weighted by Gasteiger charge is -2.18. The van der Waals surface area contributed by atoms with Gasteiger partial charge in [0.25, 0.3) is 0 Å². The van der Waals surface area contributed by atoms with Gasteiger partial charge in [-0.3, -0.25) is 0 Å². The maximum absolute atomic E-state index is 10.4. The van der Waals surface area contributed by atoms with E-state index in [1.165, 1.54) is 41.5 Å². The van der Waals surface area contributed by atoms with E-state index in [2.05, 4.69) is 32.1 Å². The molecule has 0 saturated heterocycles. The number of hydrogen-bond donors (Lipinski definition) is 2. The second-order valence-electron chi connectivity index (χ2n) is 7.89. The Balaban J connectivity index is 1.77. The van der Waals surface area contributed by atoms with Crippen molar-refractivity contribution >= 4 is 11.1 Å². The molecule has 2 aromatic rings. The fourth-order valence-electron chi connectivity index (χ4n) is 4.00.